The largest absolute Gasteiger partial charge is 0.391 e. The number of aromatic nitrogens is 2. The number of rotatable bonds is 4. The smallest absolute Gasteiger partial charge is 0.269 e. The van der Waals surface area contributed by atoms with Crippen LogP contribution in [0.3, 0.4) is 0 Å². The molecule has 102 valence electrons. The van der Waals surface area contributed by atoms with Gasteiger partial charge >= 0.3 is 0 Å². The van der Waals surface area contributed by atoms with E-state index in [0.717, 1.165) is 5.69 Å². The number of aliphatic hydroxyl groups excluding tert-OH is 1. The quantitative estimate of drug-likeness (QED) is 0.848. The maximum absolute atomic E-state index is 11.9. The molecule has 0 radical (unpaired) electrons. The summed E-state index contributed by atoms with van der Waals surface area (Å²) in [4.78, 5) is 11.9. The fourth-order valence-corrected chi connectivity index (χ4v) is 1.90. The third-order valence-corrected chi connectivity index (χ3v) is 2.58. The molecule has 0 fully saturated rings. The molecule has 1 unspecified atom stereocenters. The molecule has 5 heteroatoms. The van der Waals surface area contributed by atoms with Crippen LogP contribution in [0.1, 0.15) is 43.4 Å². The first-order valence-corrected chi connectivity index (χ1v) is 6.16. The van der Waals surface area contributed by atoms with Crippen molar-refractivity contribution >= 4 is 5.91 Å². The molecule has 1 atom stereocenters. The SMILES string of the molecule is Cc1cc(C(=O)NCC(O)CC(C)(C)C)n(C)n1. The van der Waals surface area contributed by atoms with E-state index in [9.17, 15) is 9.90 Å². The van der Waals surface area contributed by atoms with Crippen LogP contribution in [0.15, 0.2) is 6.07 Å². The summed E-state index contributed by atoms with van der Waals surface area (Å²) in [5.41, 5.74) is 1.36. The second kappa shape index (κ2) is 5.52. The number of aliphatic hydroxyl groups is 1. The van der Waals surface area contributed by atoms with Gasteiger partial charge in [-0.3, -0.25) is 9.48 Å². The van der Waals surface area contributed by atoms with Crippen LogP contribution in [-0.4, -0.2) is 33.4 Å². The second-order valence-electron chi connectivity index (χ2n) is 5.92. The summed E-state index contributed by atoms with van der Waals surface area (Å²) in [6, 6.07) is 1.73. The van der Waals surface area contributed by atoms with Gasteiger partial charge in [-0.15, -0.1) is 0 Å². The van der Waals surface area contributed by atoms with E-state index in [4.69, 9.17) is 0 Å². The molecule has 2 N–H and O–H groups in total. The Morgan fingerprint density at radius 3 is 2.61 bits per heavy atom. The highest BCUT2D eigenvalue weighted by atomic mass is 16.3. The topological polar surface area (TPSA) is 67.2 Å². The van der Waals surface area contributed by atoms with Crippen molar-refractivity contribution in [1.29, 1.82) is 0 Å². The standard InChI is InChI=1S/C13H23N3O2/c1-9-6-11(16(5)15-9)12(18)14-8-10(17)7-13(2,3)4/h6,10,17H,7-8H2,1-5H3,(H,14,18). The fraction of sp³-hybridized carbons (Fsp3) is 0.692. The predicted molar refractivity (Wildman–Crippen MR) is 70.4 cm³/mol. The molecule has 1 aromatic heterocycles. The van der Waals surface area contributed by atoms with E-state index >= 15 is 0 Å². The van der Waals surface area contributed by atoms with Gasteiger partial charge in [-0.2, -0.15) is 5.10 Å². The maximum atomic E-state index is 11.9. The molecule has 0 bridgehead atoms. The first-order valence-electron chi connectivity index (χ1n) is 6.16. The highest BCUT2D eigenvalue weighted by Crippen LogP contribution is 2.20. The van der Waals surface area contributed by atoms with Crippen molar-refractivity contribution in [3.8, 4) is 0 Å². The third-order valence-electron chi connectivity index (χ3n) is 2.58. The molecule has 0 aliphatic rings. The number of hydrogen-bond acceptors (Lipinski definition) is 3. The third kappa shape index (κ3) is 4.49. The zero-order valence-electron chi connectivity index (χ0n) is 11.8. The predicted octanol–water partition coefficient (Wildman–Crippen LogP) is 1.26. The molecule has 0 aliphatic heterocycles. The van der Waals surface area contributed by atoms with Crippen LogP contribution in [0.5, 0.6) is 0 Å². The monoisotopic (exact) mass is 253 g/mol. The summed E-state index contributed by atoms with van der Waals surface area (Å²) in [5.74, 6) is -0.203. The van der Waals surface area contributed by atoms with Gasteiger partial charge in [-0.05, 0) is 24.8 Å². The van der Waals surface area contributed by atoms with Gasteiger partial charge in [0.1, 0.15) is 5.69 Å². The van der Waals surface area contributed by atoms with E-state index in [1.54, 1.807) is 17.8 Å². The molecular weight excluding hydrogens is 230 g/mol. The zero-order chi connectivity index (χ0) is 13.9. The highest BCUT2D eigenvalue weighted by Gasteiger charge is 2.18. The molecule has 0 aromatic carbocycles. The summed E-state index contributed by atoms with van der Waals surface area (Å²) in [5, 5.41) is 16.7. The van der Waals surface area contributed by atoms with Crippen LogP contribution in [0.25, 0.3) is 0 Å². The molecule has 0 aliphatic carbocycles. The lowest BCUT2D eigenvalue weighted by molar-refractivity contribution is 0.0860. The minimum absolute atomic E-state index is 0.0489. The summed E-state index contributed by atoms with van der Waals surface area (Å²) in [6.07, 6.45) is 0.126. The lowest BCUT2D eigenvalue weighted by atomic mass is 9.89. The van der Waals surface area contributed by atoms with Crippen LogP contribution in [-0.2, 0) is 7.05 Å². The Kier molecular flexibility index (Phi) is 4.51. The molecule has 1 rings (SSSR count). The van der Waals surface area contributed by atoms with Gasteiger partial charge in [-0.1, -0.05) is 20.8 Å². The van der Waals surface area contributed by atoms with Crippen molar-refractivity contribution in [3.05, 3.63) is 17.5 Å². The summed E-state index contributed by atoms with van der Waals surface area (Å²) in [6.45, 7) is 8.28. The van der Waals surface area contributed by atoms with Crippen LogP contribution >= 0.6 is 0 Å². The van der Waals surface area contributed by atoms with Crippen LogP contribution < -0.4 is 5.32 Å². The lowest BCUT2D eigenvalue weighted by Crippen LogP contribution is -2.35. The first kappa shape index (κ1) is 14.7. The number of nitrogens with zero attached hydrogens (tertiary/aromatic N) is 2. The molecule has 1 amide bonds. The van der Waals surface area contributed by atoms with Gasteiger partial charge in [0, 0.05) is 13.6 Å². The zero-order valence-corrected chi connectivity index (χ0v) is 11.8. The number of amides is 1. The van der Waals surface area contributed by atoms with E-state index in [1.165, 1.54) is 0 Å². The number of nitrogens with one attached hydrogen (secondary N) is 1. The molecule has 5 nitrogen and oxygen atoms in total. The first-order chi connectivity index (χ1) is 8.19. The van der Waals surface area contributed by atoms with E-state index < -0.39 is 6.10 Å². The van der Waals surface area contributed by atoms with E-state index in [2.05, 4.69) is 31.2 Å². The van der Waals surface area contributed by atoms with Gasteiger partial charge in [0.2, 0.25) is 0 Å². The van der Waals surface area contributed by atoms with Crippen molar-refractivity contribution in [2.24, 2.45) is 12.5 Å². The minimum Gasteiger partial charge on any atom is -0.391 e. The highest BCUT2D eigenvalue weighted by molar-refractivity contribution is 5.92. The molecule has 18 heavy (non-hydrogen) atoms. The summed E-state index contributed by atoms with van der Waals surface area (Å²) < 4.78 is 1.54. The van der Waals surface area contributed by atoms with Gasteiger partial charge in [0.25, 0.3) is 5.91 Å². The fourth-order valence-electron chi connectivity index (χ4n) is 1.90. The Balaban J connectivity index is 2.49. The maximum Gasteiger partial charge on any atom is 0.269 e. The van der Waals surface area contributed by atoms with Gasteiger partial charge in [-0.25, -0.2) is 0 Å². The summed E-state index contributed by atoms with van der Waals surface area (Å²) >= 11 is 0. The minimum atomic E-state index is -0.525. The number of carbonyl (C=O) groups excluding carboxylic acids is 1. The summed E-state index contributed by atoms with van der Waals surface area (Å²) in [7, 11) is 1.73. The van der Waals surface area contributed by atoms with Gasteiger partial charge in [0.05, 0.1) is 11.8 Å². The van der Waals surface area contributed by atoms with Crippen LogP contribution in [0, 0.1) is 12.3 Å². The van der Waals surface area contributed by atoms with Crippen LogP contribution in [0.2, 0.25) is 0 Å². The molecule has 1 heterocycles. The Bertz CT molecular complexity index is 418. The van der Waals surface area contributed by atoms with Crippen molar-refractivity contribution in [2.75, 3.05) is 6.54 Å². The molecule has 0 saturated carbocycles. The Morgan fingerprint density at radius 1 is 1.56 bits per heavy atom. The van der Waals surface area contributed by atoms with Crippen LogP contribution in [0.4, 0.5) is 0 Å². The molecule has 0 spiro atoms. The normalized spacial score (nSPS) is 13.4. The van der Waals surface area contributed by atoms with Gasteiger partial charge in [0.15, 0.2) is 0 Å². The number of hydrogen-bond donors (Lipinski definition) is 2. The van der Waals surface area contributed by atoms with Crippen molar-refractivity contribution in [2.45, 2.75) is 40.2 Å². The molecule has 1 aromatic rings. The van der Waals surface area contributed by atoms with E-state index in [0.29, 0.717) is 12.1 Å². The van der Waals surface area contributed by atoms with Crippen molar-refractivity contribution in [1.82, 2.24) is 15.1 Å². The molecular formula is C13H23N3O2. The number of aryl methyl sites for hydroxylation is 2. The Labute approximate surface area is 108 Å². The Hall–Kier alpha value is -1.36. The van der Waals surface area contributed by atoms with Gasteiger partial charge < -0.3 is 10.4 Å². The van der Waals surface area contributed by atoms with Crippen molar-refractivity contribution in [3.63, 3.8) is 0 Å². The number of carbonyl (C=O) groups is 1. The van der Waals surface area contributed by atoms with E-state index in [-0.39, 0.29) is 17.9 Å². The van der Waals surface area contributed by atoms with E-state index in [1.807, 2.05) is 6.92 Å². The average molecular weight is 253 g/mol. The lowest BCUT2D eigenvalue weighted by Gasteiger charge is -2.22. The van der Waals surface area contributed by atoms with Crippen molar-refractivity contribution < 1.29 is 9.90 Å². The Morgan fingerprint density at radius 2 is 2.17 bits per heavy atom. The second-order valence-corrected chi connectivity index (χ2v) is 5.92. The average Bonchev–Trinajstić information content (AvgIpc) is 2.52. The molecule has 0 saturated heterocycles.